The van der Waals surface area contributed by atoms with E-state index in [-0.39, 0.29) is 11.7 Å². The van der Waals surface area contributed by atoms with Crippen molar-refractivity contribution in [1.82, 2.24) is 0 Å². The zero-order chi connectivity index (χ0) is 19.4. The van der Waals surface area contributed by atoms with Crippen LogP contribution < -0.4 is 14.8 Å². The summed E-state index contributed by atoms with van der Waals surface area (Å²) in [5.74, 6) is 0.796. The van der Waals surface area contributed by atoms with E-state index in [2.05, 4.69) is 10.5 Å². The molecule has 0 saturated heterocycles. The number of anilines is 1. The number of nitrogens with zero attached hydrogens (tertiary/aromatic N) is 1. The number of benzene rings is 2. The van der Waals surface area contributed by atoms with Gasteiger partial charge in [-0.1, -0.05) is 17.3 Å². The third-order valence-electron chi connectivity index (χ3n) is 4.21. The summed E-state index contributed by atoms with van der Waals surface area (Å²) in [6.45, 7) is 1.48. The van der Waals surface area contributed by atoms with Crippen LogP contribution in [0.15, 0.2) is 47.6 Å². The molecule has 27 heavy (non-hydrogen) atoms. The second-order valence-electron chi connectivity index (χ2n) is 6.03. The topological polar surface area (TPSA) is 86.2 Å². The van der Waals surface area contributed by atoms with Gasteiger partial charge in [0.25, 0.3) is 5.91 Å². The standard InChI is InChI=1S/C20H20N2O5/c1-12(23)13-5-4-6-15(9-13)21-20(24)19-11-16(22-27-19)14-7-8-17(25-2)18(10-14)26-3/h4-10,19H,11H2,1-3H3,(H,21,24)/t19-/m1/s1. The Balaban J connectivity index is 1.67. The van der Waals surface area contributed by atoms with Crippen molar-refractivity contribution in [2.24, 2.45) is 5.16 Å². The molecule has 2 aromatic carbocycles. The molecule has 1 aliphatic rings. The lowest BCUT2D eigenvalue weighted by molar-refractivity contribution is -0.125. The summed E-state index contributed by atoms with van der Waals surface area (Å²) in [5.41, 5.74) is 2.51. The van der Waals surface area contributed by atoms with E-state index >= 15 is 0 Å². The summed E-state index contributed by atoms with van der Waals surface area (Å²) < 4.78 is 10.5. The van der Waals surface area contributed by atoms with Crippen molar-refractivity contribution in [2.75, 3.05) is 19.5 Å². The largest absolute Gasteiger partial charge is 0.493 e. The number of ether oxygens (including phenoxy) is 2. The van der Waals surface area contributed by atoms with Crippen LogP contribution in [0, 0.1) is 0 Å². The molecule has 0 saturated carbocycles. The lowest BCUT2D eigenvalue weighted by Gasteiger charge is -2.11. The maximum Gasteiger partial charge on any atom is 0.268 e. The van der Waals surface area contributed by atoms with E-state index in [1.54, 1.807) is 50.6 Å². The molecule has 1 amide bonds. The van der Waals surface area contributed by atoms with E-state index in [1.807, 2.05) is 6.07 Å². The van der Waals surface area contributed by atoms with E-state index in [9.17, 15) is 9.59 Å². The Morgan fingerprint density at radius 2 is 1.89 bits per heavy atom. The first-order chi connectivity index (χ1) is 13.0. The molecule has 7 nitrogen and oxygen atoms in total. The van der Waals surface area contributed by atoms with Gasteiger partial charge in [0.1, 0.15) is 0 Å². The highest BCUT2D eigenvalue weighted by atomic mass is 16.6. The molecule has 1 aliphatic heterocycles. The van der Waals surface area contributed by atoms with E-state index in [0.717, 1.165) is 5.56 Å². The van der Waals surface area contributed by atoms with Crippen LogP contribution in [0.1, 0.15) is 29.3 Å². The fourth-order valence-corrected chi connectivity index (χ4v) is 2.74. The fraction of sp³-hybridized carbons (Fsp3) is 0.250. The number of oxime groups is 1. The highest BCUT2D eigenvalue weighted by molar-refractivity contribution is 6.06. The van der Waals surface area contributed by atoms with Crippen LogP contribution in [-0.2, 0) is 9.63 Å². The number of carbonyl (C=O) groups is 2. The van der Waals surface area contributed by atoms with Crippen LogP contribution in [0.25, 0.3) is 0 Å². The van der Waals surface area contributed by atoms with Crippen molar-refractivity contribution in [3.63, 3.8) is 0 Å². The lowest BCUT2D eigenvalue weighted by atomic mass is 10.0. The number of nitrogens with one attached hydrogen (secondary N) is 1. The van der Waals surface area contributed by atoms with E-state index < -0.39 is 6.10 Å². The Hall–Kier alpha value is -3.35. The number of amides is 1. The highest BCUT2D eigenvalue weighted by Crippen LogP contribution is 2.29. The first-order valence-electron chi connectivity index (χ1n) is 8.38. The van der Waals surface area contributed by atoms with Gasteiger partial charge in [-0.2, -0.15) is 0 Å². The molecule has 0 aromatic heterocycles. The summed E-state index contributed by atoms with van der Waals surface area (Å²) in [5, 5.41) is 6.79. The number of ketones is 1. The smallest absolute Gasteiger partial charge is 0.268 e. The molecule has 3 rings (SSSR count). The second kappa shape index (κ2) is 7.90. The van der Waals surface area contributed by atoms with Crippen LogP contribution in [0.3, 0.4) is 0 Å². The van der Waals surface area contributed by atoms with Gasteiger partial charge >= 0.3 is 0 Å². The molecule has 1 N–H and O–H groups in total. The molecule has 7 heteroatoms. The molecule has 1 atom stereocenters. The van der Waals surface area contributed by atoms with Gasteiger partial charge in [-0.3, -0.25) is 9.59 Å². The number of methoxy groups -OCH3 is 2. The third-order valence-corrected chi connectivity index (χ3v) is 4.21. The zero-order valence-corrected chi connectivity index (χ0v) is 15.3. The Morgan fingerprint density at radius 1 is 1.11 bits per heavy atom. The Bertz CT molecular complexity index is 907. The van der Waals surface area contributed by atoms with Crippen molar-refractivity contribution in [2.45, 2.75) is 19.4 Å². The Kier molecular flexibility index (Phi) is 5.40. The van der Waals surface area contributed by atoms with Gasteiger partial charge < -0.3 is 19.6 Å². The van der Waals surface area contributed by atoms with E-state index in [1.165, 1.54) is 6.92 Å². The minimum absolute atomic E-state index is 0.0673. The van der Waals surface area contributed by atoms with Crippen molar-refractivity contribution in [1.29, 1.82) is 0 Å². The minimum atomic E-state index is -0.742. The van der Waals surface area contributed by atoms with Crippen molar-refractivity contribution in [3.8, 4) is 11.5 Å². The molecule has 2 aromatic rings. The van der Waals surface area contributed by atoms with Crippen LogP contribution in [0.5, 0.6) is 11.5 Å². The first kappa shape index (κ1) is 18.4. The van der Waals surface area contributed by atoms with Crippen molar-refractivity contribution < 1.29 is 23.9 Å². The van der Waals surface area contributed by atoms with Gasteiger partial charge in [-0.25, -0.2) is 0 Å². The molecular formula is C20H20N2O5. The number of hydrogen-bond acceptors (Lipinski definition) is 6. The predicted octanol–water partition coefficient (Wildman–Crippen LogP) is 3.04. The summed E-state index contributed by atoms with van der Waals surface area (Å²) in [4.78, 5) is 29.2. The first-order valence-corrected chi connectivity index (χ1v) is 8.38. The van der Waals surface area contributed by atoms with Crippen LogP contribution in [-0.4, -0.2) is 37.7 Å². The molecule has 0 bridgehead atoms. The Morgan fingerprint density at radius 3 is 2.59 bits per heavy atom. The average molecular weight is 368 g/mol. The quantitative estimate of drug-likeness (QED) is 0.792. The van der Waals surface area contributed by atoms with Crippen molar-refractivity contribution in [3.05, 3.63) is 53.6 Å². The number of Topliss-reactive ketones (excluding diaryl/α,β-unsaturated/α-hetero) is 1. The Labute approximate surface area is 156 Å². The number of hydrogen-bond donors (Lipinski definition) is 1. The van der Waals surface area contributed by atoms with Crippen molar-refractivity contribution >= 4 is 23.1 Å². The van der Waals surface area contributed by atoms with Crippen LogP contribution in [0.2, 0.25) is 0 Å². The molecule has 0 fully saturated rings. The fourth-order valence-electron chi connectivity index (χ4n) is 2.74. The van der Waals surface area contributed by atoms with Crippen LogP contribution >= 0.6 is 0 Å². The second-order valence-corrected chi connectivity index (χ2v) is 6.03. The summed E-state index contributed by atoms with van der Waals surface area (Å²) in [7, 11) is 3.12. The summed E-state index contributed by atoms with van der Waals surface area (Å²) in [6.07, 6.45) is -0.414. The van der Waals surface area contributed by atoms with E-state index in [4.69, 9.17) is 14.3 Å². The van der Waals surface area contributed by atoms with Gasteiger partial charge in [-0.05, 0) is 37.3 Å². The summed E-state index contributed by atoms with van der Waals surface area (Å²) >= 11 is 0. The zero-order valence-electron chi connectivity index (χ0n) is 15.3. The number of carbonyl (C=O) groups excluding carboxylic acids is 2. The average Bonchev–Trinajstić information content (AvgIpc) is 3.18. The van der Waals surface area contributed by atoms with Gasteiger partial charge in [0.15, 0.2) is 17.3 Å². The van der Waals surface area contributed by atoms with Gasteiger partial charge in [0, 0.05) is 23.2 Å². The molecule has 0 aliphatic carbocycles. The molecule has 140 valence electrons. The maximum absolute atomic E-state index is 12.5. The number of rotatable bonds is 6. The van der Waals surface area contributed by atoms with Gasteiger partial charge in [-0.15, -0.1) is 0 Å². The molecule has 0 radical (unpaired) electrons. The lowest BCUT2D eigenvalue weighted by Crippen LogP contribution is -2.28. The van der Waals surface area contributed by atoms with Crippen LogP contribution in [0.4, 0.5) is 5.69 Å². The SMILES string of the molecule is COc1ccc(C2=NO[C@@H](C(=O)Nc3cccc(C(C)=O)c3)C2)cc1OC. The summed E-state index contributed by atoms with van der Waals surface area (Å²) in [6, 6.07) is 12.2. The molecule has 1 heterocycles. The molecule has 0 spiro atoms. The molecular weight excluding hydrogens is 348 g/mol. The predicted molar refractivity (Wildman–Crippen MR) is 101 cm³/mol. The maximum atomic E-state index is 12.5. The highest BCUT2D eigenvalue weighted by Gasteiger charge is 2.29. The molecule has 0 unspecified atom stereocenters. The minimum Gasteiger partial charge on any atom is -0.493 e. The normalized spacial score (nSPS) is 15.5. The third kappa shape index (κ3) is 4.08. The van der Waals surface area contributed by atoms with Gasteiger partial charge in [0.2, 0.25) is 6.10 Å². The van der Waals surface area contributed by atoms with E-state index in [0.29, 0.717) is 34.9 Å². The monoisotopic (exact) mass is 368 g/mol. The van der Waals surface area contributed by atoms with Gasteiger partial charge in [0.05, 0.1) is 19.9 Å².